The molecule has 2 aromatic heterocycles. The highest BCUT2D eigenvalue weighted by atomic mass is 32.1. The van der Waals surface area contributed by atoms with Gasteiger partial charge in [-0.05, 0) is 38.1 Å². The van der Waals surface area contributed by atoms with Crippen LogP contribution in [0.3, 0.4) is 0 Å². The normalized spacial score (nSPS) is 10.9. The van der Waals surface area contributed by atoms with E-state index >= 15 is 0 Å². The lowest BCUT2D eigenvalue weighted by atomic mass is 10.1. The predicted molar refractivity (Wildman–Crippen MR) is 129 cm³/mol. The first-order valence-corrected chi connectivity index (χ1v) is 11.1. The average molecular weight is 423 g/mol. The first-order chi connectivity index (χ1) is 15.2. The summed E-state index contributed by atoms with van der Waals surface area (Å²) in [5.41, 5.74) is 8.46. The van der Waals surface area contributed by atoms with Gasteiger partial charge in [-0.25, -0.2) is 9.67 Å². The second-order valence-corrected chi connectivity index (χ2v) is 8.42. The van der Waals surface area contributed by atoms with E-state index in [2.05, 4.69) is 91.4 Å². The number of para-hydroxylation sites is 1. The summed E-state index contributed by atoms with van der Waals surface area (Å²) in [4.78, 5) is 4.86. The number of benzene rings is 3. The topological polar surface area (TPSA) is 42.7 Å². The van der Waals surface area contributed by atoms with E-state index in [1.807, 2.05) is 22.9 Å². The first-order valence-electron chi connectivity index (χ1n) is 10.2. The number of rotatable bonds is 5. The van der Waals surface area contributed by atoms with Crippen molar-refractivity contribution in [2.24, 2.45) is 0 Å². The fourth-order valence-corrected chi connectivity index (χ4v) is 4.14. The smallest absolute Gasteiger partial charge is 0.187 e. The van der Waals surface area contributed by atoms with Crippen LogP contribution >= 0.6 is 11.3 Å². The Kier molecular flexibility index (Phi) is 5.10. The zero-order chi connectivity index (χ0) is 21.2. The van der Waals surface area contributed by atoms with Crippen LogP contribution in [0.15, 0.2) is 90.4 Å². The van der Waals surface area contributed by atoms with Gasteiger partial charge in [0.2, 0.25) is 0 Å². The van der Waals surface area contributed by atoms with Crippen LogP contribution in [0.5, 0.6) is 0 Å². The third kappa shape index (κ3) is 4.13. The molecule has 0 bridgehead atoms. The van der Waals surface area contributed by atoms with Crippen LogP contribution in [0.25, 0.3) is 28.2 Å². The number of aryl methyl sites for hydroxylation is 2. The number of nitrogens with zero attached hydrogens (tertiary/aromatic N) is 3. The zero-order valence-corrected chi connectivity index (χ0v) is 18.2. The van der Waals surface area contributed by atoms with E-state index in [-0.39, 0.29) is 0 Å². The van der Waals surface area contributed by atoms with E-state index in [4.69, 9.17) is 10.1 Å². The SMILES string of the molecule is Cc1ccc(Nc2nc(-c3cn(-c4ccccc4)nc3-c3ccc(C)cc3)cs2)cc1. The summed E-state index contributed by atoms with van der Waals surface area (Å²) < 4.78 is 1.93. The number of nitrogens with one attached hydrogen (secondary N) is 1. The molecule has 0 unspecified atom stereocenters. The quantitative estimate of drug-likeness (QED) is 0.331. The van der Waals surface area contributed by atoms with Crippen LogP contribution in [-0.4, -0.2) is 14.8 Å². The van der Waals surface area contributed by atoms with Gasteiger partial charge in [0, 0.05) is 28.4 Å². The van der Waals surface area contributed by atoms with Crippen LogP contribution < -0.4 is 5.32 Å². The number of hydrogen-bond acceptors (Lipinski definition) is 4. The number of aromatic nitrogens is 3. The molecule has 5 rings (SSSR count). The molecule has 0 saturated carbocycles. The van der Waals surface area contributed by atoms with Crippen molar-refractivity contribution < 1.29 is 0 Å². The Bertz CT molecular complexity index is 1300. The van der Waals surface area contributed by atoms with E-state index in [9.17, 15) is 0 Å². The largest absolute Gasteiger partial charge is 0.332 e. The maximum Gasteiger partial charge on any atom is 0.187 e. The summed E-state index contributed by atoms with van der Waals surface area (Å²) in [7, 11) is 0. The summed E-state index contributed by atoms with van der Waals surface area (Å²) >= 11 is 1.60. The molecular weight excluding hydrogens is 400 g/mol. The molecule has 152 valence electrons. The molecule has 0 aliphatic carbocycles. The van der Waals surface area contributed by atoms with Crippen LogP contribution in [0.4, 0.5) is 10.8 Å². The molecule has 0 aliphatic heterocycles. The van der Waals surface area contributed by atoms with Crippen LogP contribution in [0, 0.1) is 13.8 Å². The Morgan fingerprint density at radius 3 is 2.19 bits per heavy atom. The van der Waals surface area contributed by atoms with Gasteiger partial charge < -0.3 is 5.32 Å². The van der Waals surface area contributed by atoms with Crippen molar-refractivity contribution in [2.75, 3.05) is 5.32 Å². The van der Waals surface area contributed by atoms with Gasteiger partial charge >= 0.3 is 0 Å². The van der Waals surface area contributed by atoms with Crippen molar-refractivity contribution in [3.05, 3.63) is 102 Å². The molecule has 4 nitrogen and oxygen atoms in total. The van der Waals surface area contributed by atoms with E-state index in [0.717, 1.165) is 39.0 Å². The van der Waals surface area contributed by atoms with Crippen molar-refractivity contribution in [1.82, 2.24) is 14.8 Å². The summed E-state index contributed by atoms with van der Waals surface area (Å²) in [6.07, 6.45) is 2.06. The first kappa shape index (κ1) is 19.3. The highest BCUT2D eigenvalue weighted by Gasteiger charge is 2.17. The van der Waals surface area contributed by atoms with Gasteiger partial charge in [0.25, 0.3) is 0 Å². The maximum absolute atomic E-state index is 4.92. The molecule has 0 radical (unpaired) electrons. The molecule has 31 heavy (non-hydrogen) atoms. The minimum absolute atomic E-state index is 0.862. The van der Waals surface area contributed by atoms with Crippen LogP contribution in [-0.2, 0) is 0 Å². The van der Waals surface area contributed by atoms with Gasteiger partial charge in [-0.3, -0.25) is 0 Å². The van der Waals surface area contributed by atoms with Gasteiger partial charge in [-0.2, -0.15) is 5.10 Å². The second kappa shape index (κ2) is 8.20. The molecule has 5 aromatic rings. The Hall–Kier alpha value is -3.70. The van der Waals surface area contributed by atoms with Crippen molar-refractivity contribution in [3.63, 3.8) is 0 Å². The standard InChI is InChI=1S/C26H22N4S/c1-18-8-12-20(13-9-18)25-23(16-30(29-25)22-6-4-3-5-7-22)24-17-31-26(28-24)27-21-14-10-19(2)11-15-21/h3-17H,1-2H3,(H,27,28). The highest BCUT2D eigenvalue weighted by molar-refractivity contribution is 7.14. The van der Waals surface area contributed by atoms with Gasteiger partial charge in [0.05, 0.1) is 11.4 Å². The van der Waals surface area contributed by atoms with E-state index in [0.29, 0.717) is 0 Å². The second-order valence-electron chi connectivity index (χ2n) is 7.57. The molecule has 0 amide bonds. The van der Waals surface area contributed by atoms with E-state index in [1.165, 1.54) is 11.1 Å². The lowest BCUT2D eigenvalue weighted by molar-refractivity contribution is 0.884. The van der Waals surface area contributed by atoms with E-state index < -0.39 is 0 Å². The van der Waals surface area contributed by atoms with Crippen molar-refractivity contribution >= 4 is 22.2 Å². The third-order valence-electron chi connectivity index (χ3n) is 5.14. The molecule has 2 heterocycles. The lowest BCUT2D eigenvalue weighted by Crippen LogP contribution is -1.93. The Morgan fingerprint density at radius 2 is 1.48 bits per heavy atom. The number of hydrogen-bond donors (Lipinski definition) is 1. The zero-order valence-electron chi connectivity index (χ0n) is 17.4. The highest BCUT2D eigenvalue weighted by Crippen LogP contribution is 2.34. The predicted octanol–water partition coefficient (Wildman–Crippen LogP) is 7.02. The fourth-order valence-electron chi connectivity index (χ4n) is 3.41. The van der Waals surface area contributed by atoms with E-state index in [1.54, 1.807) is 11.3 Å². The molecule has 0 atom stereocenters. The van der Waals surface area contributed by atoms with Crippen molar-refractivity contribution in [2.45, 2.75) is 13.8 Å². The third-order valence-corrected chi connectivity index (χ3v) is 5.90. The Balaban J connectivity index is 1.54. The Morgan fingerprint density at radius 1 is 0.806 bits per heavy atom. The molecule has 3 aromatic carbocycles. The summed E-state index contributed by atoms with van der Waals surface area (Å²) in [6, 6.07) is 27.0. The lowest BCUT2D eigenvalue weighted by Gasteiger charge is -2.03. The minimum atomic E-state index is 0.862. The maximum atomic E-state index is 4.92. The van der Waals surface area contributed by atoms with Gasteiger partial charge in [0.15, 0.2) is 5.13 Å². The molecule has 0 spiro atoms. The Labute approximate surface area is 185 Å². The molecule has 5 heteroatoms. The molecule has 0 saturated heterocycles. The monoisotopic (exact) mass is 422 g/mol. The van der Waals surface area contributed by atoms with Crippen molar-refractivity contribution in [3.8, 4) is 28.2 Å². The summed E-state index contributed by atoms with van der Waals surface area (Å²) in [6.45, 7) is 4.18. The average Bonchev–Trinajstić information content (AvgIpc) is 3.44. The number of thiazole rings is 1. The molecule has 0 fully saturated rings. The summed E-state index contributed by atoms with van der Waals surface area (Å²) in [5, 5.41) is 11.3. The molecule has 0 aliphatic rings. The van der Waals surface area contributed by atoms with Gasteiger partial charge in [-0.1, -0.05) is 65.7 Å². The van der Waals surface area contributed by atoms with Crippen LogP contribution in [0.2, 0.25) is 0 Å². The summed E-state index contributed by atoms with van der Waals surface area (Å²) in [5.74, 6) is 0. The van der Waals surface area contributed by atoms with Crippen LogP contribution in [0.1, 0.15) is 11.1 Å². The fraction of sp³-hybridized carbons (Fsp3) is 0.0769. The minimum Gasteiger partial charge on any atom is -0.332 e. The molecule has 1 N–H and O–H groups in total. The van der Waals surface area contributed by atoms with Crippen molar-refractivity contribution in [1.29, 1.82) is 0 Å². The number of anilines is 2. The molecular formula is C26H22N4S. The van der Waals surface area contributed by atoms with Gasteiger partial charge in [0.1, 0.15) is 5.69 Å². The van der Waals surface area contributed by atoms with Gasteiger partial charge in [-0.15, -0.1) is 11.3 Å².